The van der Waals surface area contributed by atoms with Crippen molar-refractivity contribution >= 4 is 17.7 Å². The first-order chi connectivity index (χ1) is 13.7. The Labute approximate surface area is 169 Å². The summed E-state index contributed by atoms with van der Waals surface area (Å²) in [7, 11) is 1.62. The number of hydrogen-bond acceptors (Lipinski definition) is 5. The van der Waals surface area contributed by atoms with Gasteiger partial charge in [0.15, 0.2) is 0 Å². The highest BCUT2D eigenvalue weighted by atomic mass is 32.2. The van der Waals surface area contributed by atoms with Crippen LogP contribution in [0.4, 0.5) is 0 Å². The maximum atomic E-state index is 12.9. The minimum absolute atomic E-state index is 0.0621. The highest BCUT2D eigenvalue weighted by Gasteiger charge is 2.38. The second-order valence-electron chi connectivity index (χ2n) is 6.92. The van der Waals surface area contributed by atoms with Crippen LogP contribution in [-0.4, -0.2) is 35.4 Å². The van der Waals surface area contributed by atoms with E-state index < -0.39 is 0 Å². The Morgan fingerprint density at radius 1 is 1.21 bits per heavy atom. The van der Waals surface area contributed by atoms with Crippen molar-refractivity contribution in [3.8, 4) is 11.8 Å². The lowest BCUT2D eigenvalue weighted by atomic mass is 9.86. The van der Waals surface area contributed by atoms with E-state index >= 15 is 0 Å². The number of fused-ring (bicyclic) bond motifs is 1. The van der Waals surface area contributed by atoms with Crippen LogP contribution in [0.2, 0.25) is 0 Å². The van der Waals surface area contributed by atoms with E-state index in [4.69, 9.17) is 4.74 Å². The van der Waals surface area contributed by atoms with Crippen molar-refractivity contribution in [2.24, 2.45) is 0 Å². The summed E-state index contributed by atoms with van der Waals surface area (Å²) < 4.78 is 5.31. The summed E-state index contributed by atoms with van der Waals surface area (Å²) >= 11 is 1.58. The van der Waals surface area contributed by atoms with E-state index in [2.05, 4.69) is 23.1 Å². The lowest BCUT2D eigenvalue weighted by Crippen LogP contribution is -2.46. The van der Waals surface area contributed by atoms with Gasteiger partial charge in [0.1, 0.15) is 5.75 Å². The van der Waals surface area contributed by atoms with Crippen molar-refractivity contribution in [2.75, 3.05) is 19.7 Å². The monoisotopic (exact) mass is 391 g/mol. The zero-order valence-corrected chi connectivity index (χ0v) is 16.5. The van der Waals surface area contributed by atoms with Crippen molar-refractivity contribution in [3.63, 3.8) is 0 Å². The van der Waals surface area contributed by atoms with E-state index in [1.807, 2.05) is 42.5 Å². The molecule has 2 heterocycles. The average molecular weight is 391 g/mol. The van der Waals surface area contributed by atoms with Crippen molar-refractivity contribution in [1.29, 1.82) is 5.26 Å². The Balaban J connectivity index is 1.60. The topological polar surface area (TPSA) is 56.6 Å². The van der Waals surface area contributed by atoms with Gasteiger partial charge in [0.05, 0.1) is 36.3 Å². The number of methoxy groups -OCH3 is 1. The SMILES string of the molecule is COc1cccc(C2CC(=O)N3CN(Cc4ccccc4)CSC3=C2C#N)c1. The van der Waals surface area contributed by atoms with E-state index in [-0.39, 0.29) is 11.8 Å². The predicted molar refractivity (Wildman–Crippen MR) is 109 cm³/mol. The van der Waals surface area contributed by atoms with Gasteiger partial charge in [-0.05, 0) is 23.3 Å². The number of carbonyl (C=O) groups excluding carboxylic acids is 1. The van der Waals surface area contributed by atoms with E-state index in [0.29, 0.717) is 18.7 Å². The number of nitrogens with zero attached hydrogens (tertiary/aromatic N) is 3. The first-order valence-corrected chi connectivity index (χ1v) is 10.2. The molecule has 0 radical (unpaired) electrons. The second-order valence-corrected chi connectivity index (χ2v) is 7.85. The van der Waals surface area contributed by atoms with Gasteiger partial charge in [-0.3, -0.25) is 14.6 Å². The fourth-order valence-electron chi connectivity index (χ4n) is 3.69. The van der Waals surface area contributed by atoms with Crippen molar-refractivity contribution in [3.05, 3.63) is 76.3 Å². The lowest BCUT2D eigenvalue weighted by Gasteiger charge is -2.41. The summed E-state index contributed by atoms with van der Waals surface area (Å²) in [5, 5.41) is 10.7. The molecule has 1 amide bonds. The normalized spacial score (nSPS) is 19.9. The van der Waals surface area contributed by atoms with Crippen LogP contribution in [0.3, 0.4) is 0 Å². The predicted octanol–water partition coefficient (Wildman–Crippen LogP) is 3.91. The first-order valence-electron chi connectivity index (χ1n) is 9.17. The molecule has 0 aromatic heterocycles. The number of thioether (sulfide) groups is 1. The average Bonchev–Trinajstić information content (AvgIpc) is 2.74. The Hall–Kier alpha value is -2.75. The molecule has 1 unspecified atom stereocenters. The highest BCUT2D eigenvalue weighted by molar-refractivity contribution is 8.03. The standard InChI is InChI=1S/C22H21N3O2S/c1-27-18-9-5-8-17(10-18)19-11-21(26)25-14-24(13-16-6-3-2-4-7-16)15-28-22(25)20(19)12-23/h2-10,19H,11,13-15H2,1H3. The van der Waals surface area contributed by atoms with Gasteiger partial charge >= 0.3 is 0 Å². The Bertz CT molecular complexity index is 952. The Kier molecular flexibility index (Phi) is 5.38. The highest BCUT2D eigenvalue weighted by Crippen LogP contribution is 2.43. The number of ether oxygens (including phenoxy) is 1. The van der Waals surface area contributed by atoms with Gasteiger partial charge in [-0.1, -0.05) is 54.2 Å². The molecule has 2 aromatic rings. The van der Waals surface area contributed by atoms with Crippen LogP contribution in [0.25, 0.3) is 0 Å². The zero-order valence-electron chi connectivity index (χ0n) is 15.7. The van der Waals surface area contributed by atoms with Gasteiger partial charge in [0.2, 0.25) is 5.91 Å². The molecule has 2 aliphatic heterocycles. The van der Waals surface area contributed by atoms with Crippen molar-refractivity contribution in [2.45, 2.75) is 18.9 Å². The van der Waals surface area contributed by atoms with E-state index in [1.165, 1.54) is 5.56 Å². The smallest absolute Gasteiger partial charge is 0.229 e. The molecule has 0 saturated carbocycles. The number of allylic oxidation sites excluding steroid dienone is 1. The zero-order chi connectivity index (χ0) is 19.5. The number of hydrogen-bond donors (Lipinski definition) is 0. The molecular weight excluding hydrogens is 370 g/mol. The van der Waals surface area contributed by atoms with Gasteiger partial charge < -0.3 is 4.74 Å². The van der Waals surface area contributed by atoms with Crippen molar-refractivity contribution in [1.82, 2.24) is 9.80 Å². The van der Waals surface area contributed by atoms with Crippen LogP contribution < -0.4 is 4.74 Å². The van der Waals surface area contributed by atoms with Gasteiger partial charge in [0.25, 0.3) is 0 Å². The fraction of sp³-hybridized carbons (Fsp3) is 0.273. The molecule has 0 N–H and O–H groups in total. The van der Waals surface area contributed by atoms with Crippen LogP contribution in [0.1, 0.15) is 23.5 Å². The van der Waals surface area contributed by atoms with Crippen LogP contribution in [0, 0.1) is 11.3 Å². The molecule has 0 spiro atoms. The molecule has 2 aromatic carbocycles. The van der Waals surface area contributed by atoms with Crippen molar-refractivity contribution < 1.29 is 9.53 Å². The summed E-state index contributed by atoms with van der Waals surface area (Å²) in [5.41, 5.74) is 2.84. The number of nitriles is 1. The quantitative estimate of drug-likeness (QED) is 0.791. The Morgan fingerprint density at radius 3 is 2.79 bits per heavy atom. The van der Waals surface area contributed by atoms with Gasteiger partial charge in [-0.15, -0.1) is 0 Å². The van der Waals surface area contributed by atoms with Gasteiger partial charge in [-0.2, -0.15) is 5.26 Å². The molecule has 142 valence electrons. The van der Waals surface area contributed by atoms with Crippen LogP contribution >= 0.6 is 11.8 Å². The van der Waals surface area contributed by atoms with E-state index in [0.717, 1.165) is 28.8 Å². The third kappa shape index (κ3) is 3.64. The van der Waals surface area contributed by atoms with E-state index in [9.17, 15) is 10.1 Å². The molecule has 4 rings (SSSR count). The Morgan fingerprint density at radius 2 is 2.04 bits per heavy atom. The fourth-order valence-corrected chi connectivity index (χ4v) is 4.83. The third-order valence-electron chi connectivity index (χ3n) is 5.09. The maximum absolute atomic E-state index is 12.9. The molecule has 0 aliphatic carbocycles. The summed E-state index contributed by atoms with van der Waals surface area (Å²) in [4.78, 5) is 16.9. The second kappa shape index (κ2) is 8.09. The van der Waals surface area contributed by atoms with Gasteiger partial charge in [0, 0.05) is 18.9 Å². The molecule has 0 bridgehead atoms. The summed E-state index contributed by atoms with van der Waals surface area (Å²) in [6.45, 7) is 1.30. The number of rotatable bonds is 4. The molecule has 1 atom stereocenters. The van der Waals surface area contributed by atoms with Crippen LogP contribution in [-0.2, 0) is 11.3 Å². The number of benzene rings is 2. The summed E-state index contributed by atoms with van der Waals surface area (Å²) in [6, 6.07) is 20.3. The minimum Gasteiger partial charge on any atom is -0.497 e. The van der Waals surface area contributed by atoms with Crippen LogP contribution in [0.15, 0.2) is 65.2 Å². The third-order valence-corrected chi connectivity index (χ3v) is 6.30. The first kappa shape index (κ1) is 18.6. The number of amides is 1. The maximum Gasteiger partial charge on any atom is 0.229 e. The largest absolute Gasteiger partial charge is 0.497 e. The molecule has 1 fully saturated rings. The molecule has 1 saturated heterocycles. The molecule has 2 aliphatic rings. The van der Waals surface area contributed by atoms with E-state index in [1.54, 1.807) is 23.8 Å². The minimum atomic E-state index is -0.216. The summed E-state index contributed by atoms with van der Waals surface area (Å²) in [5.74, 6) is 1.34. The number of carbonyl (C=O) groups is 1. The van der Waals surface area contributed by atoms with Gasteiger partial charge in [-0.25, -0.2) is 0 Å². The van der Waals surface area contributed by atoms with Crippen LogP contribution in [0.5, 0.6) is 5.75 Å². The molecule has 6 heteroatoms. The molecule has 28 heavy (non-hydrogen) atoms. The lowest BCUT2D eigenvalue weighted by molar-refractivity contribution is -0.131. The molecular formula is C22H21N3O2S. The molecule has 5 nitrogen and oxygen atoms in total. The summed E-state index contributed by atoms with van der Waals surface area (Å²) in [6.07, 6.45) is 0.305.